The van der Waals surface area contributed by atoms with Crippen LogP contribution in [-0.2, 0) is 10.0 Å². The van der Waals surface area contributed by atoms with Crippen LogP contribution in [0.15, 0.2) is 53.4 Å². The van der Waals surface area contributed by atoms with E-state index in [9.17, 15) is 17.2 Å². The summed E-state index contributed by atoms with van der Waals surface area (Å²) in [5, 5.41) is 2.14. The minimum Gasteiger partial charge on any atom is -0.354 e. The summed E-state index contributed by atoms with van der Waals surface area (Å²) < 4.78 is 54.4. The monoisotopic (exact) mass is 423 g/mol. The number of hydrogen-bond donors (Lipinski definition) is 0. The highest BCUT2D eigenvalue weighted by Gasteiger charge is 2.33. The maximum atomic E-state index is 14.0. The van der Waals surface area contributed by atoms with Crippen molar-refractivity contribution in [3.63, 3.8) is 0 Å². The Kier molecular flexibility index (Phi) is 4.95. The van der Waals surface area contributed by atoms with E-state index in [1.165, 1.54) is 0 Å². The van der Waals surface area contributed by atoms with E-state index in [4.69, 9.17) is 11.6 Å². The summed E-state index contributed by atoms with van der Waals surface area (Å²) in [6, 6.07) is 12.5. The summed E-state index contributed by atoms with van der Waals surface area (Å²) in [7, 11) is -4.26. The number of sulfonamides is 1. The average molecular weight is 424 g/mol. The molecule has 0 amide bonds. The number of rotatable bonds is 3. The summed E-state index contributed by atoms with van der Waals surface area (Å²) in [6.45, 7) is 0.832. The Hall–Kier alpha value is -2.29. The number of piperazine rings is 1. The lowest BCUT2D eigenvalue weighted by Crippen LogP contribution is -2.49. The van der Waals surface area contributed by atoms with Crippen LogP contribution in [0.2, 0.25) is 5.15 Å². The van der Waals surface area contributed by atoms with Crippen molar-refractivity contribution in [2.75, 3.05) is 31.1 Å². The fraction of sp³-hybridized carbons (Fsp3) is 0.211. The molecule has 146 valence electrons. The second-order valence-electron chi connectivity index (χ2n) is 6.43. The van der Waals surface area contributed by atoms with Crippen molar-refractivity contribution in [2.24, 2.45) is 0 Å². The summed E-state index contributed by atoms with van der Waals surface area (Å²) in [5.41, 5.74) is 0. The molecule has 1 aliphatic rings. The second-order valence-corrected chi connectivity index (χ2v) is 8.67. The highest BCUT2D eigenvalue weighted by Crippen LogP contribution is 2.28. The molecule has 1 aromatic heterocycles. The lowest BCUT2D eigenvalue weighted by Gasteiger charge is -2.34. The Balaban J connectivity index is 1.57. The third-order valence-electron chi connectivity index (χ3n) is 4.76. The van der Waals surface area contributed by atoms with E-state index >= 15 is 0 Å². The molecule has 9 heteroatoms. The highest BCUT2D eigenvalue weighted by atomic mass is 35.5. The second kappa shape index (κ2) is 7.27. The Labute approximate surface area is 166 Å². The van der Waals surface area contributed by atoms with Crippen molar-refractivity contribution in [2.45, 2.75) is 4.90 Å². The van der Waals surface area contributed by atoms with Gasteiger partial charge in [-0.1, -0.05) is 41.9 Å². The summed E-state index contributed by atoms with van der Waals surface area (Å²) >= 11 is 6.27. The van der Waals surface area contributed by atoms with Gasteiger partial charge in [0, 0.05) is 31.6 Å². The molecule has 2 aromatic carbocycles. The molecule has 28 heavy (non-hydrogen) atoms. The van der Waals surface area contributed by atoms with Gasteiger partial charge in [-0.3, -0.25) is 0 Å². The van der Waals surface area contributed by atoms with Gasteiger partial charge in [0.25, 0.3) is 0 Å². The zero-order valence-electron chi connectivity index (χ0n) is 14.6. The van der Waals surface area contributed by atoms with Gasteiger partial charge in [-0.05, 0) is 23.6 Å². The lowest BCUT2D eigenvalue weighted by atomic mass is 10.2. The first-order chi connectivity index (χ1) is 13.4. The van der Waals surface area contributed by atoms with E-state index in [1.807, 2.05) is 35.2 Å². The predicted octanol–water partition coefficient (Wildman–Crippen LogP) is 3.68. The molecule has 5 nitrogen and oxygen atoms in total. The van der Waals surface area contributed by atoms with Gasteiger partial charge in [-0.2, -0.15) is 4.31 Å². The summed E-state index contributed by atoms with van der Waals surface area (Å²) in [5.74, 6) is -1.55. The van der Waals surface area contributed by atoms with Crippen molar-refractivity contribution < 1.29 is 17.2 Å². The molecular weight excluding hydrogens is 408 g/mol. The summed E-state index contributed by atoms with van der Waals surface area (Å²) in [6.07, 6.45) is 0. The van der Waals surface area contributed by atoms with Crippen molar-refractivity contribution in [1.82, 2.24) is 9.29 Å². The molecule has 0 atom stereocenters. The van der Waals surface area contributed by atoms with E-state index in [1.54, 1.807) is 0 Å². The maximum absolute atomic E-state index is 14.0. The number of benzene rings is 2. The Morgan fingerprint density at radius 3 is 2.25 bits per heavy atom. The third kappa shape index (κ3) is 3.32. The summed E-state index contributed by atoms with van der Waals surface area (Å²) in [4.78, 5) is 5.40. The largest absolute Gasteiger partial charge is 0.354 e. The number of halogens is 3. The van der Waals surface area contributed by atoms with Crippen molar-refractivity contribution in [1.29, 1.82) is 0 Å². The number of pyridine rings is 1. The van der Waals surface area contributed by atoms with E-state index in [0.29, 0.717) is 24.1 Å². The third-order valence-corrected chi connectivity index (χ3v) is 7.00. The lowest BCUT2D eigenvalue weighted by molar-refractivity contribution is 0.377. The van der Waals surface area contributed by atoms with Gasteiger partial charge in [0.1, 0.15) is 22.6 Å². The Morgan fingerprint density at radius 1 is 0.929 bits per heavy atom. The van der Waals surface area contributed by atoms with Crippen molar-refractivity contribution in [3.8, 4) is 0 Å². The Morgan fingerprint density at radius 2 is 1.57 bits per heavy atom. The zero-order valence-corrected chi connectivity index (χ0v) is 16.2. The molecule has 0 unspecified atom stereocenters. The standard InChI is InChI=1S/C19H16ClF2N3O2S/c20-19-14-5-2-1-4-13(14)12-17(23-19)24-8-10-25(11-9-24)28(26,27)18-15(21)6-3-7-16(18)22/h1-7,12H,8-11H2. The van der Waals surface area contributed by atoms with Gasteiger partial charge in [0.15, 0.2) is 4.90 Å². The van der Waals surface area contributed by atoms with Crippen LogP contribution in [-0.4, -0.2) is 43.9 Å². The first-order valence-corrected chi connectivity index (χ1v) is 10.4. The molecule has 0 bridgehead atoms. The van der Waals surface area contributed by atoms with Crippen LogP contribution in [0.25, 0.3) is 10.8 Å². The molecule has 1 saturated heterocycles. The fourth-order valence-electron chi connectivity index (χ4n) is 3.32. The van der Waals surface area contributed by atoms with Crippen molar-refractivity contribution in [3.05, 3.63) is 65.3 Å². The van der Waals surface area contributed by atoms with Crippen molar-refractivity contribution >= 4 is 38.2 Å². The molecular formula is C19H16ClF2N3O2S. The van der Waals surface area contributed by atoms with E-state index in [-0.39, 0.29) is 13.1 Å². The molecule has 4 rings (SSSR count). The number of hydrogen-bond acceptors (Lipinski definition) is 4. The average Bonchev–Trinajstić information content (AvgIpc) is 2.68. The molecule has 1 aliphatic heterocycles. The first kappa shape index (κ1) is 19.0. The van der Waals surface area contributed by atoms with Crippen LogP contribution < -0.4 is 4.90 Å². The number of anilines is 1. The molecule has 0 saturated carbocycles. The zero-order chi connectivity index (χ0) is 19.9. The van der Waals surface area contributed by atoms with Crippen LogP contribution in [0.3, 0.4) is 0 Å². The molecule has 0 aliphatic carbocycles. The smallest absolute Gasteiger partial charge is 0.249 e. The molecule has 1 fully saturated rings. The maximum Gasteiger partial charge on any atom is 0.249 e. The van der Waals surface area contributed by atoms with Gasteiger partial charge in [-0.25, -0.2) is 22.2 Å². The SMILES string of the molecule is O=S(=O)(c1c(F)cccc1F)N1CCN(c2cc3ccccc3c(Cl)n2)CC1. The number of nitrogens with zero attached hydrogens (tertiary/aromatic N) is 3. The van der Waals surface area contributed by atoms with Gasteiger partial charge in [0.2, 0.25) is 10.0 Å². The van der Waals surface area contributed by atoms with Gasteiger partial charge < -0.3 is 4.90 Å². The van der Waals surface area contributed by atoms with Gasteiger partial charge in [0.05, 0.1) is 0 Å². The number of aromatic nitrogens is 1. The molecule has 3 aromatic rings. The van der Waals surface area contributed by atoms with Gasteiger partial charge >= 0.3 is 0 Å². The topological polar surface area (TPSA) is 53.5 Å². The highest BCUT2D eigenvalue weighted by molar-refractivity contribution is 7.89. The Bertz CT molecular complexity index is 1130. The molecule has 2 heterocycles. The number of fused-ring (bicyclic) bond motifs is 1. The van der Waals surface area contributed by atoms with Crippen LogP contribution >= 0.6 is 11.6 Å². The van der Waals surface area contributed by atoms with E-state index in [0.717, 1.165) is 33.3 Å². The molecule has 0 spiro atoms. The molecule has 0 N–H and O–H groups in total. The van der Waals surface area contributed by atoms with Crippen LogP contribution in [0.1, 0.15) is 0 Å². The normalized spacial score (nSPS) is 15.9. The van der Waals surface area contributed by atoms with E-state index in [2.05, 4.69) is 4.98 Å². The molecule has 0 radical (unpaired) electrons. The van der Waals surface area contributed by atoms with E-state index < -0.39 is 26.6 Å². The van der Waals surface area contributed by atoms with Crippen LogP contribution in [0.5, 0.6) is 0 Å². The first-order valence-electron chi connectivity index (χ1n) is 8.62. The predicted molar refractivity (Wildman–Crippen MR) is 104 cm³/mol. The quantitative estimate of drug-likeness (QED) is 0.603. The minimum atomic E-state index is -4.26. The van der Waals surface area contributed by atoms with Crippen LogP contribution in [0, 0.1) is 11.6 Å². The fourth-order valence-corrected chi connectivity index (χ4v) is 5.11. The van der Waals surface area contributed by atoms with Gasteiger partial charge in [-0.15, -0.1) is 0 Å². The minimum absolute atomic E-state index is 0.0855. The van der Waals surface area contributed by atoms with Crippen LogP contribution in [0.4, 0.5) is 14.6 Å².